The molecule has 2 aromatic heterocycles. The Labute approximate surface area is 111 Å². The van der Waals surface area contributed by atoms with Crippen molar-refractivity contribution in [2.45, 2.75) is 38.5 Å². The van der Waals surface area contributed by atoms with Crippen LogP contribution in [0.5, 0.6) is 0 Å². The molecular weight excluding hydrogens is 240 g/mol. The summed E-state index contributed by atoms with van der Waals surface area (Å²) in [6, 6.07) is 2.06. The molecule has 0 aromatic carbocycles. The summed E-state index contributed by atoms with van der Waals surface area (Å²) in [4.78, 5) is 8.33. The van der Waals surface area contributed by atoms with Crippen LogP contribution >= 0.6 is 0 Å². The smallest absolute Gasteiger partial charge is 0.241 e. The molecule has 0 unspecified atom stereocenters. The molecule has 0 saturated carbocycles. The maximum Gasteiger partial charge on any atom is 0.241 e. The SMILES string of the molecule is Nc1nc(N)n(-c2cc3c(cn2)CCCCCC3)n1. The second-order valence-electron chi connectivity index (χ2n) is 4.97. The summed E-state index contributed by atoms with van der Waals surface area (Å²) in [6.07, 6.45) is 9.22. The molecule has 2 heterocycles. The van der Waals surface area contributed by atoms with Crippen molar-refractivity contribution in [3.63, 3.8) is 0 Å². The number of pyridine rings is 1. The lowest BCUT2D eigenvalue weighted by Crippen LogP contribution is -2.08. The van der Waals surface area contributed by atoms with Crippen molar-refractivity contribution in [3.8, 4) is 5.82 Å². The van der Waals surface area contributed by atoms with Gasteiger partial charge in [0, 0.05) is 6.20 Å². The molecule has 0 radical (unpaired) electrons. The predicted octanol–water partition coefficient (Wildman–Crippen LogP) is 1.49. The van der Waals surface area contributed by atoms with Crippen molar-refractivity contribution < 1.29 is 0 Å². The molecule has 0 atom stereocenters. The number of aryl methyl sites for hydroxylation is 2. The first kappa shape index (κ1) is 12.0. The molecule has 0 aliphatic heterocycles. The van der Waals surface area contributed by atoms with Gasteiger partial charge in [0.15, 0.2) is 5.82 Å². The van der Waals surface area contributed by atoms with Gasteiger partial charge in [0.25, 0.3) is 0 Å². The zero-order valence-corrected chi connectivity index (χ0v) is 10.8. The van der Waals surface area contributed by atoms with Crippen LogP contribution in [0.3, 0.4) is 0 Å². The fourth-order valence-corrected chi connectivity index (χ4v) is 2.58. The van der Waals surface area contributed by atoms with Crippen LogP contribution < -0.4 is 11.5 Å². The van der Waals surface area contributed by atoms with Gasteiger partial charge in [-0.3, -0.25) is 0 Å². The van der Waals surface area contributed by atoms with Gasteiger partial charge in [0.2, 0.25) is 11.9 Å². The minimum atomic E-state index is 0.172. The third-order valence-electron chi connectivity index (χ3n) is 3.58. The van der Waals surface area contributed by atoms with Crippen LogP contribution in [-0.2, 0) is 12.8 Å². The molecule has 1 aliphatic carbocycles. The number of anilines is 2. The highest BCUT2D eigenvalue weighted by atomic mass is 15.4. The minimum absolute atomic E-state index is 0.172. The average molecular weight is 258 g/mol. The Kier molecular flexibility index (Phi) is 3.06. The molecule has 3 rings (SSSR count). The van der Waals surface area contributed by atoms with Crippen LogP contribution in [0.15, 0.2) is 12.3 Å². The number of hydrogen-bond acceptors (Lipinski definition) is 5. The van der Waals surface area contributed by atoms with Crippen molar-refractivity contribution in [3.05, 3.63) is 23.4 Å². The van der Waals surface area contributed by atoms with Gasteiger partial charge in [-0.1, -0.05) is 12.8 Å². The number of fused-ring (bicyclic) bond motifs is 1. The van der Waals surface area contributed by atoms with Gasteiger partial charge in [-0.05, 0) is 42.9 Å². The van der Waals surface area contributed by atoms with Gasteiger partial charge in [-0.25, -0.2) is 4.98 Å². The Morgan fingerprint density at radius 3 is 2.42 bits per heavy atom. The zero-order chi connectivity index (χ0) is 13.2. The van der Waals surface area contributed by atoms with Crippen molar-refractivity contribution in [1.29, 1.82) is 0 Å². The highest BCUT2D eigenvalue weighted by molar-refractivity contribution is 5.40. The van der Waals surface area contributed by atoms with Gasteiger partial charge in [-0.15, -0.1) is 5.10 Å². The summed E-state index contributed by atoms with van der Waals surface area (Å²) in [5.41, 5.74) is 14.0. The Morgan fingerprint density at radius 1 is 1.00 bits per heavy atom. The third kappa shape index (κ3) is 2.38. The van der Waals surface area contributed by atoms with Crippen LogP contribution in [-0.4, -0.2) is 19.7 Å². The summed E-state index contributed by atoms with van der Waals surface area (Å²) in [7, 11) is 0. The number of nitrogens with zero attached hydrogens (tertiary/aromatic N) is 4. The monoisotopic (exact) mass is 258 g/mol. The molecule has 0 saturated heterocycles. The standard InChI is InChI=1S/C13H18N6/c14-12-17-13(15)19(18-12)11-7-9-5-3-1-2-4-6-10(9)8-16-11/h7-8H,1-6H2,(H4,14,15,17,18). The predicted molar refractivity (Wildman–Crippen MR) is 73.9 cm³/mol. The molecule has 6 nitrogen and oxygen atoms in total. The summed E-state index contributed by atoms with van der Waals surface area (Å²) in [5.74, 6) is 1.14. The number of nitrogens with two attached hydrogens (primary N) is 2. The number of hydrogen-bond donors (Lipinski definition) is 2. The highest BCUT2D eigenvalue weighted by Crippen LogP contribution is 2.22. The van der Waals surface area contributed by atoms with Crippen LogP contribution in [0.1, 0.15) is 36.8 Å². The second-order valence-corrected chi connectivity index (χ2v) is 4.97. The summed E-state index contributed by atoms with van der Waals surface area (Å²) in [5, 5.41) is 4.07. The topological polar surface area (TPSA) is 95.6 Å². The van der Waals surface area contributed by atoms with E-state index in [9.17, 15) is 0 Å². The van der Waals surface area contributed by atoms with Crippen LogP contribution in [0.2, 0.25) is 0 Å². The van der Waals surface area contributed by atoms with Crippen molar-refractivity contribution in [1.82, 2.24) is 19.7 Å². The lowest BCUT2D eigenvalue weighted by Gasteiger charge is -2.14. The van der Waals surface area contributed by atoms with E-state index in [4.69, 9.17) is 11.5 Å². The fraction of sp³-hybridized carbons (Fsp3) is 0.462. The lowest BCUT2D eigenvalue weighted by atomic mass is 9.95. The van der Waals surface area contributed by atoms with Crippen molar-refractivity contribution in [2.75, 3.05) is 11.5 Å². The quantitative estimate of drug-likeness (QED) is 0.807. The average Bonchev–Trinajstić information content (AvgIpc) is 2.69. The first-order chi connectivity index (χ1) is 9.24. The number of aromatic nitrogens is 4. The van der Waals surface area contributed by atoms with Crippen LogP contribution in [0.4, 0.5) is 11.9 Å². The Bertz CT molecular complexity index is 589. The van der Waals surface area contributed by atoms with E-state index < -0.39 is 0 Å². The van der Waals surface area contributed by atoms with E-state index in [0.29, 0.717) is 5.82 Å². The first-order valence-electron chi connectivity index (χ1n) is 6.70. The van der Waals surface area contributed by atoms with Crippen LogP contribution in [0.25, 0.3) is 5.82 Å². The number of nitrogen functional groups attached to an aromatic ring is 2. The van der Waals surface area contributed by atoms with Crippen molar-refractivity contribution >= 4 is 11.9 Å². The molecule has 19 heavy (non-hydrogen) atoms. The maximum absolute atomic E-state index is 5.77. The minimum Gasteiger partial charge on any atom is -0.368 e. The first-order valence-corrected chi connectivity index (χ1v) is 6.70. The molecule has 0 spiro atoms. The maximum atomic E-state index is 5.77. The normalized spacial score (nSPS) is 15.6. The Morgan fingerprint density at radius 2 is 1.74 bits per heavy atom. The lowest BCUT2D eigenvalue weighted by molar-refractivity contribution is 0.614. The molecule has 1 aliphatic rings. The highest BCUT2D eigenvalue weighted by Gasteiger charge is 2.12. The van der Waals surface area contributed by atoms with Gasteiger partial charge in [-0.2, -0.15) is 9.67 Å². The summed E-state index contributed by atoms with van der Waals surface area (Å²) >= 11 is 0. The summed E-state index contributed by atoms with van der Waals surface area (Å²) in [6.45, 7) is 0. The fourth-order valence-electron chi connectivity index (χ4n) is 2.58. The molecular formula is C13H18N6. The van der Waals surface area contributed by atoms with E-state index in [1.54, 1.807) is 0 Å². The molecule has 0 bridgehead atoms. The van der Waals surface area contributed by atoms with E-state index in [1.807, 2.05) is 6.20 Å². The molecule has 0 fully saturated rings. The van der Waals surface area contributed by atoms with Crippen molar-refractivity contribution in [2.24, 2.45) is 0 Å². The molecule has 4 N–H and O–H groups in total. The Balaban J connectivity index is 2.00. The second kappa shape index (κ2) is 4.87. The third-order valence-corrected chi connectivity index (χ3v) is 3.58. The van der Waals surface area contributed by atoms with E-state index in [2.05, 4.69) is 21.1 Å². The zero-order valence-electron chi connectivity index (χ0n) is 10.8. The van der Waals surface area contributed by atoms with E-state index in [-0.39, 0.29) is 11.9 Å². The van der Waals surface area contributed by atoms with E-state index >= 15 is 0 Å². The largest absolute Gasteiger partial charge is 0.368 e. The van der Waals surface area contributed by atoms with Gasteiger partial charge < -0.3 is 11.5 Å². The van der Waals surface area contributed by atoms with Gasteiger partial charge in [0.1, 0.15) is 0 Å². The summed E-state index contributed by atoms with van der Waals surface area (Å²) < 4.78 is 1.49. The van der Waals surface area contributed by atoms with Crippen LogP contribution in [0, 0.1) is 0 Å². The van der Waals surface area contributed by atoms with E-state index in [0.717, 1.165) is 12.8 Å². The molecule has 6 heteroatoms. The molecule has 2 aromatic rings. The molecule has 0 amide bonds. The number of rotatable bonds is 1. The van der Waals surface area contributed by atoms with E-state index in [1.165, 1.54) is 41.5 Å². The Hall–Kier alpha value is -2.11. The van der Waals surface area contributed by atoms with Gasteiger partial charge in [0.05, 0.1) is 0 Å². The molecule has 100 valence electrons. The van der Waals surface area contributed by atoms with Gasteiger partial charge >= 0.3 is 0 Å².